The van der Waals surface area contributed by atoms with Crippen LogP contribution in [0.3, 0.4) is 0 Å². The van der Waals surface area contributed by atoms with Crippen LogP contribution in [0.5, 0.6) is 0 Å². The highest BCUT2D eigenvalue weighted by molar-refractivity contribution is 5.79. The van der Waals surface area contributed by atoms with Gasteiger partial charge in [0.1, 0.15) is 6.33 Å². The van der Waals surface area contributed by atoms with Gasteiger partial charge in [0.05, 0.1) is 6.04 Å². The maximum Gasteiger partial charge on any atom is 0.224 e. The number of carbonyl (C=O) groups is 1. The first-order valence-electron chi connectivity index (χ1n) is 6.97. The van der Waals surface area contributed by atoms with Crippen LogP contribution in [-0.4, -0.2) is 27.2 Å². The highest BCUT2D eigenvalue weighted by Gasteiger charge is 2.31. The molecule has 6 heteroatoms. The summed E-state index contributed by atoms with van der Waals surface area (Å²) < 4.78 is 1.83. The highest BCUT2D eigenvalue weighted by atomic mass is 16.2. The van der Waals surface area contributed by atoms with E-state index in [1.807, 2.05) is 18.5 Å². The van der Waals surface area contributed by atoms with E-state index < -0.39 is 0 Å². The SMILES string of the molecule is CC(NC(=O)C1CCCCC1CN)c1nncn1C. The van der Waals surface area contributed by atoms with Gasteiger partial charge in [-0.3, -0.25) is 4.79 Å². The molecule has 2 rings (SSSR count). The molecule has 1 aliphatic carbocycles. The number of amides is 1. The lowest BCUT2D eigenvalue weighted by Gasteiger charge is -2.30. The van der Waals surface area contributed by atoms with E-state index >= 15 is 0 Å². The maximum absolute atomic E-state index is 12.4. The van der Waals surface area contributed by atoms with Gasteiger partial charge in [0.25, 0.3) is 0 Å². The zero-order chi connectivity index (χ0) is 13.8. The lowest BCUT2D eigenvalue weighted by atomic mass is 9.78. The summed E-state index contributed by atoms with van der Waals surface area (Å²) in [6.45, 7) is 2.53. The van der Waals surface area contributed by atoms with Crippen LogP contribution in [0, 0.1) is 11.8 Å². The summed E-state index contributed by atoms with van der Waals surface area (Å²) in [6.07, 6.45) is 5.95. The Morgan fingerprint density at radius 3 is 2.95 bits per heavy atom. The van der Waals surface area contributed by atoms with Crippen molar-refractivity contribution in [1.29, 1.82) is 0 Å². The van der Waals surface area contributed by atoms with E-state index in [9.17, 15) is 4.79 Å². The van der Waals surface area contributed by atoms with Gasteiger partial charge < -0.3 is 15.6 Å². The standard InChI is InChI=1S/C13H23N5O/c1-9(12-17-15-8-18(12)2)16-13(19)11-6-4-3-5-10(11)7-14/h8-11H,3-7,14H2,1-2H3,(H,16,19). The molecule has 1 fully saturated rings. The fourth-order valence-electron chi connectivity index (χ4n) is 2.90. The summed E-state index contributed by atoms with van der Waals surface area (Å²) in [6, 6.07) is -0.125. The number of hydrogen-bond donors (Lipinski definition) is 2. The Kier molecular flexibility index (Phi) is 4.52. The van der Waals surface area contributed by atoms with Gasteiger partial charge in [0.15, 0.2) is 5.82 Å². The van der Waals surface area contributed by atoms with E-state index in [0.29, 0.717) is 12.5 Å². The normalized spacial score (nSPS) is 25.0. The summed E-state index contributed by atoms with van der Waals surface area (Å²) in [4.78, 5) is 12.4. The van der Waals surface area contributed by atoms with Gasteiger partial charge in [-0.15, -0.1) is 10.2 Å². The fourth-order valence-corrected chi connectivity index (χ4v) is 2.90. The molecule has 0 aliphatic heterocycles. The molecule has 19 heavy (non-hydrogen) atoms. The van der Waals surface area contributed by atoms with E-state index in [1.165, 1.54) is 6.42 Å². The van der Waals surface area contributed by atoms with E-state index in [4.69, 9.17) is 5.73 Å². The third-order valence-electron chi connectivity index (χ3n) is 4.04. The largest absolute Gasteiger partial charge is 0.346 e. The fraction of sp³-hybridized carbons (Fsp3) is 0.769. The summed E-state index contributed by atoms with van der Waals surface area (Å²) in [7, 11) is 1.88. The van der Waals surface area contributed by atoms with Crippen LogP contribution in [0.2, 0.25) is 0 Å². The number of carbonyl (C=O) groups excluding carboxylic acids is 1. The monoisotopic (exact) mass is 265 g/mol. The van der Waals surface area contributed by atoms with Crippen LogP contribution >= 0.6 is 0 Å². The second-order valence-corrected chi connectivity index (χ2v) is 5.42. The number of nitrogens with zero attached hydrogens (tertiary/aromatic N) is 3. The minimum atomic E-state index is -0.125. The molecule has 3 N–H and O–H groups in total. The molecular formula is C13H23N5O. The van der Waals surface area contributed by atoms with Gasteiger partial charge in [-0.25, -0.2) is 0 Å². The van der Waals surface area contributed by atoms with Gasteiger partial charge >= 0.3 is 0 Å². The predicted molar refractivity (Wildman–Crippen MR) is 72.1 cm³/mol. The minimum Gasteiger partial charge on any atom is -0.346 e. The topological polar surface area (TPSA) is 85.8 Å². The van der Waals surface area contributed by atoms with E-state index in [0.717, 1.165) is 25.1 Å². The quantitative estimate of drug-likeness (QED) is 0.841. The molecule has 1 amide bonds. The molecule has 6 nitrogen and oxygen atoms in total. The lowest BCUT2D eigenvalue weighted by molar-refractivity contribution is -0.128. The van der Waals surface area contributed by atoms with Crippen molar-refractivity contribution in [1.82, 2.24) is 20.1 Å². The average molecular weight is 265 g/mol. The molecular weight excluding hydrogens is 242 g/mol. The Balaban J connectivity index is 1.98. The van der Waals surface area contributed by atoms with E-state index in [-0.39, 0.29) is 17.9 Å². The molecule has 1 aliphatic rings. The molecule has 0 aromatic carbocycles. The van der Waals surface area contributed by atoms with Crippen molar-refractivity contribution < 1.29 is 4.79 Å². The second kappa shape index (κ2) is 6.14. The number of aryl methyl sites for hydroxylation is 1. The zero-order valence-electron chi connectivity index (χ0n) is 11.7. The van der Waals surface area contributed by atoms with Crippen LogP contribution < -0.4 is 11.1 Å². The first-order valence-corrected chi connectivity index (χ1v) is 6.97. The predicted octanol–water partition coefficient (Wildman–Crippen LogP) is 0.757. The van der Waals surface area contributed by atoms with Crippen molar-refractivity contribution in [2.45, 2.75) is 38.6 Å². The highest BCUT2D eigenvalue weighted by Crippen LogP contribution is 2.29. The number of nitrogens with two attached hydrogens (primary N) is 1. The van der Waals surface area contributed by atoms with Gasteiger partial charge in [-0.2, -0.15) is 0 Å². The molecule has 0 bridgehead atoms. The summed E-state index contributed by atoms with van der Waals surface area (Å²) >= 11 is 0. The Hall–Kier alpha value is -1.43. The Morgan fingerprint density at radius 2 is 2.32 bits per heavy atom. The van der Waals surface area contributed by atoms with Crippen molar-refractivity contribution in [3.05, 3.63) is 12.2 Å². The van der Waals surface area contributed by atoms with E-state index in [2.05, 4.69) is 15.5 Å². The van der Waals surface area contributed by atoms with Crippen molar-refractivity contribution in [2.75, 3.05) is 6.54 Å². The number of hydrogen-bond acceptors (Lipinski definition) is 4. The number of nitrogens with one attached hydrogen (secondary N) is 1. The Morgan fingerprint density at radius 1 is 1.58 bits per heavy atom. The van der Waals surface area contributed by atoms with Crippen LogP contribution in [0.25, 0.3) is 0 Å². The van der Waals surface area contributed by atoms with Crippen molar-refractivity contribution in [3.8, 4) is 0 Å². The van der Waals surface area contributed by atoms with Crippen LogP contribution in [-0.2, 0) is 11.8 Å². The molecule has 0 radical (unpaired) electrons. The van der Waals surface area contributed by atoms with Gasteiger partial charge in [-0.05, 0) is 32.2 Å². The van der Waals surface area contributed by atoms with Crippen LogP contribution in [0.15, 0.2) is 6.33 Å². The number of aromatic nitrogens is 3. The first-order chi connectivity index (χ1) is 9.13. The van der Waals surface area contributed by atoms with Crippen molar-refractivity contribution in [2.24, 2.45) is 24.6 Å². The Bertz CT molecular complexity index is 430. The van der Waals surface area contributed by atoms with Crippen LogP contribution in [0.4, 0.5) is 0 Å². The Labute approximate surface area is 113 Å². The summed E-state index contributed by atoms with van der Waals surface area (Å²) in [5.74, 6) is 1.24. The third-order valence-corrected chi connectivity index (χ3v) is 4.04. The second-order valence-electron chi connectivity index (χ2n) is 5.42. The van der Waals surface area contributed by atoms with E-state index in [1.54, 1.807) is 6.33 Å². The maximum atomic E-state index is 12.4. The van der Waals surface area contributed by atoms with Crippen LogP contribution in [0.1, 0.15) is 44.5 Å². The summed E-state index contributed by atoms with van der Waals surface area (Å²) in [5.41, 5.74) is 5.77. The number of rotatable bonds is 4. The van der Waals surface area contributed by atoms with Gasteiger partial charge in [0.2, 0.25) is 5.91 Å². The third kappa shape index (κ3) is 3.12. The average Bonchev–Trinajstić information content (AvgIpc) is 2.85. The lowest BCUT2D eigenvalue weighted by Crippen LogP contribution is -2.40. The molecule has 0 saturated heterocycles. The summed E-state index contributed by atoms with van der Waals surface area (Å²) in [5, 5.41) is 10.9. The van der Waals surface area contributed by atoms with Gasteiger partial charge in [0, 0.05) is 13.0 Å². The molecule has 1 heterocycles. The minimum absolute atomic E-state index is 0.0504. The smallest absolute Gasteiger partial charge is 0.224 e. The molecule has 3 unspecified atom stereocenters. The van der Waals surface area contributed by atoms with Crippen molar-refractivity contribution in [3.63, 3.8) is 0 Å². The molecule has 106 valence electrons. The zero-order valence-corrected chi connectivity index (χ0v) is 11.7. The molecule has 1 aromatic heterocycles. The molecule has 1 aromatic rings. The molecule has 3 atom stereocenters. The molecule has 0 spiro atoms. The van der Waals surface area contributed by atoms with Gasteiger partial charge in [-0.1, -0.05) is 12.8 Å². The molecule has 1 saturated carbocycles. The first kappa shape index (κ1) is 14.0. The van der Waals surface area contributed by atoms with Crippen molar-refractivity contribution >= 4 is 5.91 Å².